The first kappa shape index (κ1) is 24.5. The highest BCUT2D eigenvalue weighted by Gasteiger charge is 2.17. The van der Waals surface area contributed by atoms with Crippen molar-refractivity contribution in [2.75, 3.05) is 11.9 Å². The van der Waals surface area contributed by atoms with Gasteiger partial charge in [0, 0.05) is 12.2 Å². The van der Waals surface area contributed by atoms with Crippen molar-refractivity contribution in [2.24, 2.45) is 0 Å². The van der Waals surface area contributed by atoms with Crippen molar-refractivity contribution in [3.05, 3.63) is 54.1 Å². The van der Waals surface area contributed by atoms with Crippen LogP contribution in [0.1, 0.15) is 33.3 Å². The van der Waals surface area contributed by atoms with Crippen LogP contribution in [0.25, 0.3) is 0 Å². The van der Waals surface area contributed by atoms with Crippen LogP contribution in [-0.2, 0) is 20.9 Å². The maximum Gasteiger partial charge on any atom is 0.408 e. The zero-order valence-electron chi connectivity index (χ0n) is 18.6. The van der Waals surface area contributed by atoms with E-state index < -0.39 is 23.7 Å². The molecule has 0 radical (unpaired) electrons. The number of amides is 3. The molecule has 2 aromatic carbocycles. The van der Waals surface area contributed by atoms with E-state index in [0.29, 0.717) is 11.4 Å². The molecule has 0 saturated carbocycles. The molecule has 0 bridgehead atoms. The van der Waals surface area contributed by atoms with Crippen LogP contribution in [0.2, 0.25) is 0 Å². The third kappa shape index (κ3) is 8.95. The van der Waals surface area contributed by atoms with Gasteiger partial charge in [-0.05, 0) is 69.7 Å². The van der Waals surface area contributed by atoms with Crippen LogP contribution in [0.3, 0.4) is 0 Å². The largest absolute Gasteiger partial charge is 0.508 e. The summed E-state index contributed by atoms with van der Waals surface area (Å²) >= 11 is 0. The Labute approximate surface area is 187 Å². The van der Waals surface area contributed by atoms with Crippen LogP contribution in [-0.4, -0.2) is 41.3 Å². The van der Waals surface area contributed by atoms with E-state index in [0.717, 1.165) is 5.56 Å². The molecule has 0 aliphatic carbocycles. The average Bonchev–Trinajstić information content (AvgIpc) is 2.71. The predicted octanol–water partition coefficient (Wildman–Crippen LogP) is 2.94. The van der Waals surface area contributed by atoms with Crippen molar-refractivity contribution in [2.45, 2.75) is 45.9 Å². The summed E-state index contributed by atoms with van der Waals surface area (Å²) in [5.74, 6) is -0.140. The second-order valence-corrected chi connectivity index (χ2v) is 8.08. The third-order valence-electron chi connectivity index (χ3n) is 3.99. The van der Waals surface area contributed by atoms with Gasteiger partial charge in [-0.1, -0.05) is 12.1 Å². The SMILES string of the molecule is CC(Oc1ccc(O)cc1)C(=O)NCc1cccc(NC(=O)CNC(=O)OC(C)(C)C)c1. The number of carbonyl (C=O) groups is 3. The molecule has 0 aromatic heterocycles. The lowest BCUT2D eigenvalue weighted by Crippen LogP contribution is -2.37. The number of nitrogens with one attached hydrogen (secondary N) is 3. The van der Waals surface area contributed by atoms with E-state index in [4.69, 9.17) is 9.47 Å². The van der Waals surface area contributed by atoms with Gasteiger partial charge in [0.05, 0.1) is 0 Å². The molecule has 32 heavy (non-hydrogen) atoms. The number of carbonyl (C=O) groups excluding carboxylic acids is 3. The number of phenols is 1. The second kappa shape index (κ2) is 11.0. The summed E-state index contributed by atoms with van der Waals surface area (Å²) in [6.45, 7) is 6.83. The van der Waals surface area contributed by atoms with Gasteiger partial charge in [-0.2, -0.15) is 0 Å². The summed E-state index contributed by atoms with van der Waals surface area (Å²) in [6.07, 6.45) is -1.41. The molecule has 172 valence electrons. The molecule has 9 nitrogen and oxygen atoms in total. The number of hydrogen-bond donors (Lipinski definition) is 4. The maximum atomic E-state index is 12.3. The van der Waals surface area contributed by atoms with Crippen LogP contribution < -0.4 is 20.7 Å². The first-order valence-electron chi connectivity index (χ1n) is 10.1. The minimum Gasteiger partial charge on any atom is -0.508 e. The normalized spacial score (nSPS) is 11.8. The predicted molar refractivity (Wildman–Crippen MR) is 119 cm³/mol. The molecule has 3 amide bonds. The number of benzene rings is 2. The number of alkyl carbamates (subject to hydrolysis) is 1. The zero-order valence-corrected chi connectivity index (χ0v) is 18.6. The van der Waals surface area contributed by atoms with Gasteiger partial charge >= 0.3 is 6.09 Å². The molecule has 0 saturated heterocycles. The lowest BCUT2D eigenvalue weighted by Gasteiger charge is -2.19. The van der Waals surface area contributed by atoms with E-state index in [1.165, 1.54) is 12.1 Å². The standard InChI is InChI=1S/C23H29N3O6/c1-15(31-19-10-8-18(27)9-11-19)21(29)24-13-16-6-5-7-17(12-16)26-20(28)14-25-22(30)32-23(2,3)4/h5-12,15,27H,13-14H2,1-4H3,(H,24,29)(H,25,30)(H,26,28). The number of hydrogen-bond acceptors (Lipinski definition) is 6. The van der Waals surface area contributed by atoms with Crippen LogP contribution in [0, 0.1) is 0 Å². The molecule has 9 heteroatoms. The summed E-state index contributed by atoms with van der Waals surface area (Å²) in [6, 6.07) is 13.1. The summed E-state index contributed by atoms with van der Waals surface area (Å²) in [5, 5.41) is 17.1. The maximum absolute atomic E-state index is 12.3. The number of phenolic OH excluding ortho intramolecular Hbond substituents is 1. The van der Waals surface area contributed by atoms with E-state index in [1.54, 1.807) is 64.1 Å². The Balaban J connectivity index is 1.80. The van der Waals surface area contributed by atoms with Gasteiger partial charge in [0.2, 0.25) is 5.91 Å². The van der Waals surface area contributed by atoms with E-state index in [9.17, 15) is 19.5 Å². The molecule has 0 aliphatic heterocycles. The van der Waals surface area contributed by atoms with Gasteiger partial charge in [0.1, 0.15) is 23.6 Å². The fourth-order valence-corrected chi connectivity index (χ4v) is 2.55. The Bertz CT molecular complexity index is 937. The van der Waals surface area contributed by atoms with Gasteiger partial charge in [-0.25, -0.2) is 4.79 Å². The topological polar surface area (TPSA) is 126 Å². The van der Waals surface area contributed by atoms with Crippen LogP contribution in [0.15, 0.2) is 48.5 Å². The Morgan fingerprint density at radius 1 is 1.03 bits per heavy atom. The molecule has 0 spiro atoms. The number of aromatic hydroxyl groups is 1. The smallest absolute Gasteiger partial charge is 0.408 e. The van der Waals surface area contributed by atoms with Gasteiger partial charge in [0.15, 0.2) is 6.10 Å². The summed E-state index contributed by atoms with van der Waals surface area (Å²) in [7, 11) is 0. The van der Waals surface area contributed by atoms with Crippen LogP contribution in [0.4, 0.5) is 10.5 Å². The average molecular weight is 444 g/mol. The number of anilines is 1. The van der Waals surface area contributed by atoms with Gasteiger partial charge in [-0.3, -0.25) is 9.59 Å². The molecule has 0 heterocycles. The first-order valence-corrected chi connectivity index (χ1v) is 10.1. The Hall–Kier alpha value is -3.75. The van der Waals surface area contributed by atoms with E-state index in [2.05, 4.69) is 16.0 Å². The monoisotopic (exact) mass is 443 g/mol. The number of rotatable bonds is 8. The van der Waals surface area contributed by atoms with Gasteiger partial charge in [-0.15, -0.1) is 0 Å². The van der Waals surface area contributed by atoms with Gasteiger partial charge < -0.3 is 30.5 Å². The molecular formula is C23H29N3O6. The fourth-order valence-electron chi connectivity index (χ4n) is 2.55. The van der Waals surface area contributed by atoms with E-state index in [-0.39, 0.29) is 24.7 Å². The van der Waals surface area contributed by atoms with E-state index >= 15 is 0 Å². The molecule has 1 unspecified atom stereocenters. The van der Waals surface area contributed by atoms with Crippen molar-refractivity contribution in [3.63, 3.8) is 0 Å². The summed E-state index contributed by atoms with van der Waals surface area (Å²) in [4.78, 5) is 36.0. The fraction of sp³-hybridized carbons (Fsp3) is 0.348. The van der Waals surface area contributed by atoms with Crippen molar-refractivity contribution >= 4 is 23.6 Å². The number of ether oxygens (including phenoxy) is 2. The van der Waals surface area contributed by atoms with Crippen LogP contribution in [0.5, 0.6) is 11.5 Å². The minimum absolute atomic E-state index is 0.113. The Morgan fingerprint density at radius 3 is 2.38 bits per heavy atom. The summed E-state index contributed by atoms with van der Waals surface area (Å²) < 4.78 is 10.6. The zero-order chi connectivity index (χ0) is 23.7. The minimum atomic E-state index is -0.735. The molecule has 0 aliphatic rings. The van der Waals surface area contributed by atoms with Crippen molar-refractivity contribution < 1.29 is 29.0 Å². The molecule has 2 aromatic rings. The molecular weight excluding hydrogens is 414 g/mol. The third-order valence-corrected chi connectivity index (χ3v) is 3.99. The van der Waals surface area contributed by atoms with E-state index in [1.807, 2.05) is 0 Å². The highest BCUT2D eigenvalue weighted by Crippen LogP contribution is 2.17. The highest BCUT2D eigenvalue weighted by molar-refractivity contribution is 5.93. The van der Waals surface area contributed by atoms with Crippen LogP contribution >= 0.6 is 0 Å². The Morgan fingerprint density at radius 2 is 1.72 bits per heavy atom. The molecule has 4 N–H and O–H groups in total. The molecule has 1 atom stereocenters. The first-order chi connectivity index (χ1) is 15.0. The van der Waals surface area contributed by atoms with Crippen molar-refractivity contribution in [1.82, 2.24) is 10.6 Å². The second-order valence-electron chi connectivity index (χ2n) is 8.08. The lowest BCUT2D eigenvalue weighted by molar-refractivity contribution is -0.127. The lowest BCUT2D eigenvalue weighted by atomic mass is 10.2. The Kier molecular flexibility index (Phi) is 8.46. The highest BCUT2D eigenvalue weighted by atomic mass is 16.6. The molecule has 2 rings (SSSR count). The van der Waals surface area contributed by atoms with Crippen molar-refractivity contribution in [1.29, 1.82) is 0 Å². The molecule has 0 fully saturated rings. The van der Waals surface area contributed by atoms with Gasteiger partial charge in [0.25, 0.3) is 5.91 Å². The quantitative estimate of drug-likeness (QED) is 0.497. The summed E-state index contributed by atoms with van der Waals surface area (Å²) in [5.41, 5.74) is 0.653. The van der Waals surface area contributed by atoms with Crippen molar-refractivity contribution in [3.8, 4) is 11.5 Å².